The third-order valence-electron chi connectivity index (χ3n) is 3.19. The van der Waals surface area contributed by atoms with Gasteiger partial charge in [-0.25, -0.2) is 0 Å². The minimum atomic E-state index is 0.156. The van der Waals surface area contributed by atoms with Crippen LogP contribution >= 0.6 is 23.2 Å². The fraction of sp³-hybridized carbons (Fsp3) is 0.500. The standard InChI is InChI=1S/C12H15Cl2N/c1-2-15-12(6-3-7-12)9-4-5-10(13)11(14)8-9/h4-5,8,15H,2-3,6-7H2,1H3. The highest BCUT2D eigenvalue weighted by atomic mass is 35.5. The van der Waals surface area contributed by atoms with Gasteiger partial charge in [0.05, 0.1) is 10.0 Å². The van der Waals surface area contributed by atoms with Crippen molar-refractivity contribution in [1.29, 1.82) is 0 Å². The molecule has 0 unspecified atom stereocenters. The number of nitrogens with one attached hydrogen (secondary N) is 1. The van der Waals surface area contributed by atoms with E-state index in [1.54, 1.807) is 0 Å². The molecule has 82 valence electrons. The van der Waals surface area contributed by atoms with Crippen LogP contribution in [-0.4, -0.2) is 6.54 Å². The van der Waals surface area contributed by atoms with Gasteiger partial charge in [-0.15, -0.1) is 0 Å². The SMILES string of the molecule is CCNC1(c2ccc(Cl)c(Cl)c2)CCC1. The van der Waals surface area contributed by atoms with Crippen molar-refractivity contribution < 1.29 is 0 Å². The van der Waals surface area contributed by atoms with Gasteiger partial charge in [-0.1, -0.05) is 36.2 Å². The van der Waals surface area contributed by atoms with Crippen LogP contribution in [0.25, 0.3) is 0 Å². The first-order valence-corrected chi connectivity index (χ1v) is 6.14. The molecular formula is C12H15Cl2N. The zero-order valence-electron chi connectivity index (χ0n) is 8.82. The molecule has 1 N–H and O–H groups in total. The van der Waals surface area contributed by atoms with Crippen LogP contribution in [0.5, 0.6) is 0 Å². The summed E-state index contributed by atoms with van der Waals surface area (Å²) in [5, 5.41) is 4.84. The number of hydrogen-bond acceptors (Lipinski definition) is 1. The van der Waals surface area contributed by atoms with Gasteiger partial charge in [0.25, 0.3) is 0 Å². The molecule has 0 radical (unpaired) electrons. The molecule has 1 nitrogen and oxygen atoms in total. The molecule has 0 aromatic heterocycles. The first kappa shape index (κ1) is 11.3. The first-order valence-electron chi connectivity index (χ1n) is 5.38. The summed E-state index contributed by atoms with van der Waals surface area (Å²) in [6.07, 6.45) is 3.67. The van der Waals surface area contributed by atoms with Crippen molar-refractivity contribution in [3.63, 3.8) is 0 Å². The van der Waals surface area contributed by atoms with Crippen molar-refractivity contribution in [1.82, 2.24) is 5.32 Å². The Hall–Kier alpha value is -0.240. The van der Waals surface area contributed by atoms with E-state index < -0.39 is 0 Å². The molecule has 0 saturated heterocycles. The fourth-order valence-corrected chi connectivity index (χ4v) is 2.53. The van der Waals surface area contributed by atoms with E-state index in [0.29, 0.717) is 10.0 Å². The van der Waals surface area contributed by atoms with Crippen molar-refractivity contribution in [3.8, 4) is 0 Å². The maximum Gasteiger partial charge on any atom is 0.0595 e. The highest BCUT2D eigenvalue weighted by molar-refractivity contribution is 6.42. The van der Waals surface area contributed by atoms with Crippen molar-refractivity contribution in [2.45, 2.75) is 31.7 Å². The van der Waals surface area contributed by atoms with Crippen LogP contribution in [0, 0.1) is 0 Å². The minimum absolute atomic E-state index is 0.156. The van der Waals surface area contributed by atoms with E-state index in [1.165, 1.54) is 24.8 Å². The Morgan fingerprint density at radius 1 is 1.27 bits per heavy atom. The molecule has 1 aromatic carbocycles. The first-order chi connectivity index (χ1) is 7.18. The summed E-state index contributed by atoms with van der Waals surface area (Å²) < 4.78 is 0. The molecule has 1 saturated carbocycles. The summed E-state index contributed by atoms with van der Waals surface area (Å²) in [6.45, 7) is 3.12. The maximum atomic E-state index is 6.04. The van der Waals surface area contributed by atoms with E-state index >= 15 is 0 Å². The average molecular weight is 244 g/mol. The second kappa shape index (κ2) is 4.32. The summed E-state index contributed by atoms with van der Waals surface area (Å²) >= 11 is 12.0. The van der Waals surface area contributed by atoms with Gasteiger partial charge in [0.2, 0.25) is 0 Å². The average Bonchev–Trinajstić information content (AvgIpc) is 2.16. The van der Waals surface area contributed by atoms with Gasteiger partial charge in [-0.2, -0.15) is 0 Å². The van der Waals surface area contributed by atoms with Crippen LogP contribution in [-0.2, 0) is 5.54 Å². The van der Waals surface area contributed by atoms with Crippen LogP contribution in [0.3, 0.4) is 0 Å². The Bertz CT molecular complexity index is 359. The predicted molar refractivity (Wildman–Crippen MR) is 65.7 cm³/mol. The largest absolute Gasteiger partial charge is 0.308 e. The number of hydrogen-bond donors (Lipinski definition) is 1. The normalized spacial score (nSPS) is 18.6. The molecule has 0 atom stereocenters. The molecule has 1 aliphatic carbocycles. The molecule has 3 heteroatoms. The van der Waals surface area contributed by atoms with Crippen LogP contribution in [0.1, 0.15) is 31.7 Å². The van der Waals surface area contributed by atoms with Gasteiger partial charge in [-0.05, 0) is 43.5 Å². The van der Waals surface area contributed by atoms with Crippen molar-refractivity contribution in [3.05, 3.63) is 33.8 Å². The van der Waals surface area contributed by atoms with E-state index in [9.17, 15) is 0 Å². The Morgan fingerprint density at radius 2 is 2.00 bits per heavy atom. The second-order valence-corrected chi connectivity index (χ2v) is 4.91. The van der Waals surface area contributed by atoms with Crippen molar-refractivity contribution in [2.24, 2.45) is 0 Å². The van der Waals surface area contributed by atoms with Gasteiger partial charge in [0.1, 0.15) is 0 Å². The van der Waals surface area contributed by atoms with Crippen LogP contribution in [0.4, 0.5) is 0 Å². The predicted octanol–water partition coefficient (Wildman–Crippen LogP) is 3.98. The fourth-order valence-electron chi connectivity index (χ4n) is 2.23. The van der Waals surface area contributed by atoms with E-state index in [2.05, 4.69) is 18.3 Å². The molecule has 1 aromatic rings. The molecule has 1 fully saturated rings. The van der Waals surface area contributed by atoms with Gasteiger partial charge in [-0.3, -0.25) is 0 Å². The monoisotopic (exact) mass is 243 g/mol. The molecule has 0 bridgehead atoms. The van der Waals surface area contributed by atoms with Gasteiger partial charge >= 0.3 is 0 Å². The summed E-state index contributed by atoms with van der Waals surface area (Å²) in [4.78, 5) is 0. The lowest BCUT2D eigenvalue weighted by atomic mass is 9.72. The van der Waals surface area contributed by atoms with Crippen molar-refractivity contribution >= 4 is 23.2 Å². The Labute approximate surface area is 101 Å². The topological polar surface area (TPSA) is 12.0 Å². The maximum absolute atomic E-state index is 6.04. The molecule has 2 rings (SSSR count). The van der Waals surface area contributed by atoms with Gasteiger partial charge < -0.3 is 5.32 Å². The molecule has 0 amide bonds. The zero-order chi connectivity index (χ0) is 10.9. The molecule has 1 aliphatic rings. The van der Waals surface area contributed by atoms with E-state index in [0.717, 1.165) is 6.54 Å². The summed E-state index contributed by atoms with van der Waals surface area (Å²) in [5.74, 6) is 0. The second-order valence-electron chi connectivity index (χ2n) is 4.09. The Kier molecular flexibility index (Phi) is 3.24. The Balaban J connectivity index is 2.30. The third-order valence-corrected chi connectivity index (χ3v) is 3.93. The molecule has 15 heavy (non-hydrogen) atoms. The lowest BCUT2D eigenvalue weighted by Gasteiger charge is -2.43. The Morgan fingerprint density at radius 3 is 2.47 bits per heavy atom. The van der Waals surface area contributed by atoms with E-state index in [-0.39, 0.29) is 5.54 Å². The van der Waals surface area contributed by atoms with Crippen molar-refractivity contribution in [2.75, 3.05) is 6.54 Å². The van der Waals surface area contributed by atoms with Gasteiger partial charge in [0, 0.05) is 5.54 Å². The van der Waals surface area contributed by atoms with E-state index in [4.69, 9.17) is 23.2 Å². The third kappa shape index (κ3) is 2.01. The lowest BCUT2D eigenvalue weighted by Crippen LogP contribution is -2.47. The molecular weight excluding hydrogens is 229 g/mol. The number of halogens is 2. The zero-order valence-corrected chi connectivity index (χ0v) is 10.3. The lowest BCUT2D eigenvalue weighted by molar-refractivity contribution is 0.190. The number of rotatable bonds is 3. The minimum Gasteiger partial charge on any atom is -0.308 e. The summed E-state index contributed by atoms with van der Waals surface area (Å²) in [7, 11) is 0. The highest BCUT2D eigenvalue weighted by Gasteiger charge is 2.37. The highest BCUT2D eigenvalue weighted by Crippen LogP contribution is 2.42. The van der Waals surface area contributed by atoms with Crippen LogP contribution < -0.4 is 5.32 Å². The molecule has 0 aliphatic heterocycles. The quantitative estimate of drug-likeness (QED) is 0.847. The van der Waals surface area contributed by atoms with Crippen LogP contribution in [0.15, 0.2) is 18.2 Å². The van der Waals surface area contributed by atoms with Crippen LogP contribution in [0.2, 0.25) is 10.0 Å². The molecule has 0 spiro atoms. The van der Waals surface area contributed by atoms with Gasteiger partial charge in [0.15, 0.2) is 0 Å². The van der Waals surface area contributed by atoms with E-state index in [1.807, 2.05) is 12.1 Å². The summed E-state index contributed by atoms with van der Waals surface area (Å²) in [6, 6.07) is 5.96. The molecule has 0 heterocycles. The smallest absolute Gasteiger partial charge is 0.0595 e. The number of benzene rings is 1. The summed E-state index contributed by atoms with van der Waals surface area (Å²) in [5.41, 5.74) is 1.42.